The number of amides is 2. The minimum absolute atomic E-state index is 0.139. The molecule has 3 rings (SSSR count). The molecule has 28 heavy (non-hydrogen) atoms. The second-order valence-electron chi connectivity index (χ2n) is 6.87. The highest BCUT2D eigenvalue weighted by atomic mass is 16.5. The van der Waals surface area contributed by atoms with Crippen molar-refractivity contribution in [2.24, 2.45) is 0 Å². The third kappa shape index (κ3) is 6.25. The topological polar surface area (TPSA) is 62.8 Å². The van der Waals surface area contributed by atoms with Gasteiger partial charge in [-0.3, -0.25) is 4.90 Å². The Kier molecular flexibility index (Phi) is 7.70. The lowest BCUT2D eigenvalue weighted by Crippen LogP contribution is -2.46. The smallest absolute Gasteiger partial charge is 0.314 e. The number of aryl methyl sites for hydroxylation is 1. The summed E-state index contributed by atoms with van der Waals surface area (Å²) in [6.07, 6.45) is 0. The summed E-state index contributed by atoms with van der Waals surface area (Å²) in [6, 6.07) is 18.1. The van der Waals surface area contributed by atoms with E-state index in [9.17, 15) is 4.79 Å². The normalized spacial score (nSPS) is 15.6. The maximum absolute atomic E-state index is 12.2. The second-order valence-corrected chi connectivity index (χ2v) is 6.87. The van der Waals surface area contributed by atoms with Crippen molar-refractivity contribution in [2.45, 2.75) is 13.0 Å². The molecule has 0 saturated carbocycles. The zero-order valence-corrected chi connectivity index (χ0v) is 16.4. The van der Waals surface area contributed by atoms with Crippen LogP contribution in [0.15, 0.2) is 54.6 Å². The molecule has 6 nitrogen and oxygen atoms in total. The molecule has 0 aromatic heterocycles. The van der Waals surface area contributed by atoms with Crippen molar-refractivity contribution >= 4 is 6.03 Å². The first-order valence-electron chi connectivity index (χ1n) is 9.80. The highest BCUT2D eigenvalue weighted by Crippen LogP contribution is 2.21. The molecule has 2 N–H and O–H groups in total. The molecule has 1 unspecified atom stereocenters. The van der Waals surface area contributed by atoms with Crippen LogP contribution < -0.4 is 15.4 Å². The fourth-order valence-electron chi connectivity index (χ4n) is 3.24. The van der Waals surface area contributed by atoms with Crippen molar-refractivity contribution in [1.29, 1.82) is 0 Å². The molecular weight excluding hydrogens is 354 g/mol. The number of nitrogens with zero attached hydrogens (tertiary/aromatic N) is 1. The number of hydrogen-bond donors (Lipinski definition) is 2. The molecule has 0 aliphatic carbocycles. The predicted octanol–water partition coefficient (Wildman–Crippen LogP) is 2.75. The molecule has 2 aromatic rings. The number of urea groups is 1. The van der Waals surface area contributed by atoms with Gasteiger partial charge in [0.2, 0.25) is 0 Å². The highest BCUT2D eigenvalue weighted by Gasteiger charge is 2.22. The SMILES string of the molecule is Cc1ccc(OCCNC(=O)NCC(c2ccccc2)N2CCOCC2)cc1. The van der Waals surface area contributed by atoms with E-state index in [0.29, 0.717) is 19.7 Å². The lowest BCUT2D eigenvalue weighted by molar-refractivity contribution is 0.0167. The van der Waals surface area contributed by atoms with E-state index < -0.39 is 0 Å². The Morgan fingerprint density at radius 2 is 1.79 bits per heavy atom. The van der Waals surface area contributed by atoms with E-state index in [1.807, 2.05) is 49.4 Å². The number of hydrogen-bond acceptors (Lipinski definition) is 4. The van der Waals surface area contributed by atoms with Gasteiger partial charge >= 0.3 is 6.03 Å². The van der Waals surface area contributed by atoms with Crippen molar-refractivity contribution in [1.82, 2.24) is 15.5 Å². The second kappa shape index (κ2) is 10.7. The summed E-state index contributed by atoms with van der Waals surface area (Å²) in [5, 5.41) is 5.85. The maximum Gasteiger partial charge on any atom is 0.314 e. The van der Waals surface area contributed by atoms with E-state index in [1.54, 1.807) is 0 Å². The van der Waals surface area contributed by atoms with Crippen LogP contribution >= 0.6 is 0 Å². The van der Waals surface area contributed by atoms with Crippen molar-refractivity contribution in [3.05, 3.63) is 65.7 Å². The summed E-state index contributed by atoms with van der Waals surface area (Å²) in [6.45, 7) is 6.66. The molecule has 150 valence electrons. The quantitative estimate of drug-likeness (QED) is 0.688. The number of benzene rings is 2. The first-order chi connectivity index (χ1) is 13.7. The molecule has 0 bridgehead atoms. The van der Waals surface area contributed by atoms with Gasteiger partial charge in [-0.15, -0.1) is 0 Å². The number of morpholine rings is 1. The molecule has 2 aromatic carbocycles. The predicted molar refractivity (Wildman–Crippen MR) is 110 cm³/mol. The third-order valence-corrected chi connectivity index (χ3v) is 4.80. The third-order valence-electron chi connectivity index (χ3n) is 4.80. The highest BCUT2D eigenvalue weighted by molar-refractivity contribution is 5.73. The standard InChI is InChI=1S/C22H29N3O3/c1-18-7-9-20(10-8-18)28-14-11-23-22(26)24-17-21(19-5-3-2-4-6-19)25-12-15-27-16-13-25/h2-10,21H,11-17H2,1H3,(H2,23,24,26). The number of carbonyl (C=O) groups is 1. The van der Waals surface area contributed by atoms with Crippen molar-refractivity contribution in [3.63, 3.8) is 0 Å². The first-order valence-corrected chi connectivity index (χ1v) is 9.80. The van der Waals surface area contributed by atoms with E-state index in [-0.39, 0.29) is 12.1 Å². The van der Waals surface area contributed by atoms with E-state index in [4.69, 9.17) is 9.47 Å². The lowest BCUT2D eigenvalue weighted by atomic mass is 10.0. The van der Waals surface area contributed by atoms with Gasteiger partial charge in [-0.1, -0.05) is 48.0 Å². The average molecular weight is 383 g/mol. The Morgan fingerprint density at radius 1 is 1.07 bits per heavy atom. The van der Waals surface area contributed by atoms with Crippen molar-refractivity contribution in [2.75, 3.05) is 46.0 Å². The zero-order chi connectivity index (χ0) is 19.6. The number of ether oxygens (including phenoxy) is 2. The van der Waals surface area contributed by atoms with Crippen LogP contribution in [0.25, 0.3) is 0 Å². The van der Waals surface area contributed by atoms with Crippen LogP contribution in [-0.2, 0) is 4.74 Å². The maximum atomic E-state index is 12.2. The average Bonchev–Trinajstić information content (AvgIpc) is 2.74. The minimum atomic E-state index is -0.179. The van der Waals surface area contributed by atoms with E-state index in [2.05, 4.69) is 27.7 Å². The van der Waals surface area contributed by atoms with Crippen LogP contribution in [0.5, 0.6) is 5.75 Å². The largest absolute Gasteiger partial charge is 0.492 e. The summed E-state index contributed by atoms with van der Waals surface area (Å²) < 4.78 is 11.1. The van der Waals surface area contributed by atoms with Gasteiger partial charge in [0, 0.05) is 19.6 Å². The summed E-state index contributed by atoms with van der Waals surface area (Å²) >= 11 is 0. The molecule has 6 heteroatoms. The van der Waals surface area contributed by atoms with E-state index in [1.165, 1.54) is 11.1 Å². The Balaban J connectivity index is 1.43. The van der Waals surface area contributed by atoms with Crippen molar-refractivity contribution in [3.8, 4) is 5.75 Å². The van der Waals surface area contributed by atoms with Gasteiger partial charge in [-0.25, -0.2) is 4.79 Å². The number of carbonyl (C=O) groups excluding carboxylic acids is 1. The molecule has 1 atom stereocenters. The molecule has 1 saturated heterocycles. The molecule has 2 amide bonds. The first kappa shape index (κ1) is 20.2. The van der Waals surface area contributed by atoms with E-state index in [0.717, 1.165) is 32.1 Å². The Hall–Kier alpha value is -2.57. The number of rotatable bonds is 8. The zero-order valence-electron chi connectivity index (χ0n) is 16.4. The summed E-state index contributed by atoms with van der Waals surface area (Å²) in [5.74, 6) is 0.810. The van der Waals surface area contributed by atoms with Crippen LogP contribution in [-0.4, -0.2) is 56.9 Å². The Morgan fingerprint density at radius 3 is 2.50 bits per heavy atom. The van der Waals surface area contributed by atoms with Gasteiger partial charge in [0.1, 0.15) is 12.4 Å². The summed E-state index contributed by atoms with van der Waals surface area (Å²) in [5.41, 5.74) is 2.39. The molecule has 1 aliphatic rings. The van der Waals surface area contributed by atoms with Gasteiger partial charge in [0.15, 0.2) is 0 Å². The molecular formula is C22H29N3O3. The van der Waals surface area contributed by atoms with Crippen molar-refractivity contribution < 1.29 is 14.3 Å². The van der Waals surface area contributed by atoms with Crippen LogP contribution in [0, 0.1) is 6.92 Å². The van der Waals surface area contributed by atoms with Gasteiger partial charge in [-0.2, -0.15) is 0 Å². The van der Waals surface area contributed by atoms with E-state index >= 15 is 0 Å². The molecule has 0 spiro atoms. The molecule has 1 fully saturated rings. The minimum Gasteiger partial charge on any atom is -0.492 e. The van der Waals surface area contributed by atoms with Gasteiger partial charge in [0.25, 0.3) is 0 Å². The summed E-state index contributed by atoms with van der Waals surface area (Å²) in [7, 11) is 0. The van der Waals surface area contributed by atoms with Crippen LogP contribution in [0.2, 0.25) is 0 Å². The Labute approximate surface area is 166 Å². The van der Waals surface area contributed by atoms with Crippen LogP contribution in [0.3, 0.4) is 0 Å². The fourth-order valence-corrected chi connectivity index (χ4v) is 3.24. The van der Waals surface area contributed by atoms with Gasteiger partial charge in [-0.05, 0) is 24.6 Å². The van der Waals surface area contributed by atoms with Gasteiger partial charge < -0.3 is 20.1 Å². The van der Waals surface area contributed by atoms with Crippen LogP contribution in [0.1, 0.15) is 17.2 Å². The molecule has 0 radical (unpaired) electrons. The van der Waals surface area contributed by atoms with Crippen LogP contribution in [0.4, 0.5) is 4.79 Å². The molecule has 1 heterocycles. The summed E-state index contributed by atoms with van der Waals surface area (Å²) in [4.78, 5) is 14.6. The lowest BCUT2D eigenvalue weighted by Gasteiger charge is -2.34. The number of nitrogens with one attached hydrogen (secondary N) is 2. The Bertz CT molecular complexity index is 716. The van der Waals surface area contributed by atoms with Gasteiger partial charge in [0.05, 0.1) is 25.8 Å². The monoisotopic (exact) mass is 383 g/mol. The molecule has 1 aliphatic heterocycles. The fraction of sp³-hybridized carbons (Fsp3) is 0.409.